The van der Waals surface area contributed by atoms with Crippen molar-refractivity contribution in [2.75, 3.05) is 6.61 Å². The standard InChI is InChI=1S/C30H32Cl2IN3O3SSi/c1-29(2,3)41(18-12-8-6-9-13-18,19-14-10-7-11-15-19)37-17-21-23-24(39-30(4,5)38-23)27(40-21)36-16-20(33)22-25(31)34-28(32)35-26(22)36/h6-16,21,23-24,27H,17H2,1-5H3/t21-,23-,24-,27-/m1/s1. The Morgan fingerprint density at radius 2 is 1.56 bits per heavy atom. The molecule has 0 spiro atoms. The molecule has 4 aromatic rings. The van der Waals surface area contributed by atoms with Gasteiger partial charge in [-0.25, -0.2) is 4.98 Å². The summed E-state index contributed by atoms with van der Waals surface area (Å²) in [4.78, 5) is 8.74. The highest BCUT2D eigenvalue weighted by molar-refractivity contribution is 14.1. The first-order chi connectivity index (χ1) is 19.4. The van der Waals surface area contributed by atoms with Crippen LogP contribution in [0.5, 0.6) is 0 Å². The molecule has 0 amide bonds. The molecule has 2 aliphatic heterocycles. The summed E-state index contributed by atoms with van der Waals surface area (Å²) in [6.07, 6.45) is 1.68. The molecule has 0 bridgehead atoms. The Kier molecular flexibility index (Phi) is 8.06. The van der Waals surface area contributed by atoms with E-state index < -0.39 is 14.1 Å². The maximum absolute atomic E-state index is 7.35. The summed E-state index contributed by atoms with van der Waals surface area (Å²) >= 11 is 16.8. The van der Waals surface area contributed by atoms with Crippen molar-refractivity contribution in [1.29, 1.82) is 0 Å². The van der Waals surface area contributed by atoms with Gasteiger partial charge in [-0.1, -0.05) is 93.0 Å². The van der Waals surface area contributed by atoms with Gasteiger partial charge in [0.05, 0.1) is 10.6 Å². The molecule has 2 fully saturated rings. The molecule has 2 aliphatic rings. The Hall–Kier alpha value is -1.18. The van der Waals surface area contributed by atoms with E-state index in [-0.39, 0.29) is 33.2 Å². The fourth-order valence-electron chi connectivity index (χ4n) is 6.22. The normalized spacial score (nSPS) is 24.2. The molecule has 2 aromatic carbocycles. The lowest BCUT2D eigenvalue weighted by molar-refractivity contribution is -0.149. The number of benzene rings is 2. The van der Waals surface area contributed by atoms with Gasteiger partial charge in [0.2, 0.25) is 5.28 Å². The van der Waals surface area contributed by atoms with E-state index in [1.165, 1.54) is 10.4 Å². The Balaban J connectivity index is 1.40. The highest BCUT2D eigenvalue weighted by Crippen LogP contribution is 2.52. The average molecular weight is 741 g/mol. The molecule has 0 N–H and O–H groups in total. The fraction of sp³-hybridized carbons (Fsp3) is 0.400. The van der Waals surface area contributed by atoms with Gasteiger partial charge in [-0.15, -0.1) is 11.8 Å². The molecular formula is C30H32Cl2IN3O3SSi. The van der Waals surface area contributed by atoms with Gasteiger partial charge in [-0.2, -0.15) is 4.98 Å². The first-order valence-electron chi connectivity index (χ1n) is 13.6. The van der Waals surface area contributed by atoms with E-state index in [2.05, 4.69) is 125 Å². The highest BCUT2D eigenvalue weighted by Gasteiger charge is 2.57. The molecule has 0 saturated carbocycles. The van der Waals surface area contributed by atoms with Crippen LogP contribution in [0.2, 0.25) is 15.5 Å². The van der Waals surface area contributed by atoms with E-state index in [9.17, 15) is 0 Å². The van der Waals surface area contributed by atoms with Crippen molar-refractivity contribution in [3.8, 4) is 0 Å². The zero-order valence-electron chi connectivity index (χ0n) is 23.5. The van der Waals surface area contributed by atoms with Crippen LogP contribution in [0.1, 0.15) is 40.0 Å². The first kappa shape index (κ1) is 29.9. The van der Waals surface area contributed by atoms with E-state index >= 15 is 0 Å². The third-order valence-corrected chi connectivity index (χ3v) is 15.6. The van der Waals surface area contributed by atoms with Crippen LogP contribution in [0.3, 0.4) is 0 Å². The van der Waals surface area contributed by atoms with Gasteiger partial charge in [0.25, 0.3) is 8.32 Å². The second kappa shape index (κ2) is 11.1. The van der Waals surface area contributed by atoms with Gasteiger partial charge < -0.3 is 18.5 Å². The molecule has 0 aliphatic carbocycles. The second-order valence-corrected chi connectivity index (χ2v) is 19.5. The van der Waals surface area contributed by atoms with Gasteiger partial charge in [0.15, 0.2) is 5.79 Å². The molecule has 41 heavy (non-hydrogen) atoms. The summed E-state index contributed by atoms with van der Waals surface area (Å²) in [6, 6.07) is 21.4. The third kappa shape index (κ3) is 5.28. The van der Waals surface area contributed by atoms with Crippen molar-refractivity contribution in [3.63, 3.8) is 0 Å². The zero-order chi connectivity index (χ0) is 29.2. The van der Waals surface area contributed by atoms with Gasteiger partial charge in [0, 0.05) is 16.4 Å². The van der Waals surface area contributed by atoms with Crippen LogP contribution in [0.4, 0.5) is 0 Å². The van der Waals surface area contributed by atoms with Crippen LogP contribution in [-0.2, 0) is 13.9 Å². The van der Waals surface area contributed by atoms with Crippen molar-refractivity contribution in [1.82, 2.24) is 14.5 Å². The molecule has 2 saturated heterocycles. The minimum Gasteiger partial charge on any atom is -0.406 e. The van der Waals surface area contributed by atoms with Crippen LogP contribution in [-0.4, -0.2) is 52.7 Å². The molecule has 2 aromatic heterocycles. The van der Waals surface area contributed by atoms with E-state index in [1.807, 2.05) is 13.8 Å². The van der Waals surface area contributed by atoms with Gasteiger partial charge in [-0.3, -0.25) is 0 Å². The fourth-order valence-corrected chi connectivity index (χ4v) is 13.9. The Bertz CT molecular complexity index is 1530. The number of fused-ring (bicyclic) bond motifs is 2. The summed E-state index contributed by atoms with van der Waals surface area (Å²) in [6.45, 7) is 11.4. The van der Waals surface area contributed by atoms with Gasteiger partial charge in [0.1, 0.15) is 28.4 Å². The van der Waals surface area contributed by atoms with Crippen molar-refractivity contribution < 1.29 is 13.9 Å². The average Bonchev–Trinajstić information content (AvgIpc) is 3.52. The number of nitrogens with zero attached hydrogens (tertiary/aromatic N) is 3. The summed E-state index contributed by atoms with van der Waals surface area (Å²) < 4.78 is 23.5. The van der Waals surface area contributed by atoms with Gasteiger partial charge in [-0.05, 0) is 63.5 Å². The number of hydrogen-bond donors (Lipinski definition) is 0. The van der Waals surface area contributed by atoms with Crippen LogP contribution >= 0.6 is 57.6 Å². The topological polar surface area (TPSA) is 58.4 Å². The lowest BCUT2D eigenvalue weighted by Crippen LogP contribution is -2.67. The lowest BCUT2D eigenvalue weighted by Gasteiger charge is -2.43. The minimum absolute atomic E-state index is 0.0244. The molecule has 0 radical (unpaired) electrons. The molecular weight excluding hydrogens is 708 g/mol. The van der Waals surface area contributed by atoms with E-state index in [0.29, 0.717) is 17.4 Å². The monoisotopic (exact) mass is 739 g/mol. The largest absolute Gasteiger partial charge is 0.406 e. The Morgan fingerprint density at radius 3 is 2.15 bits per heavy atom. The molecule has 6 nitrogen and oxygen atoms in total. The number of hydrogen-bond acceptors (Lipinski definition) is 6. The third-order valence-electron chi connectivity index (χ3n) is 7.83. The zero-order valence-corrected chi connectivity index (χ0v) is 29.0. The van der Waals surface area contributed by atoms with E-state index in [1.54, 1.807) is 11.8 Å². The smallest absolute Gasteiger partial charge is 0.261 e. The number of halogens is 3. The Labute approximate surface area is 269 Å². The quantitative estimate of drug-likeness (QED) is 0.0915. The van der Waals surface area contributed by atoms with Crippen LogP contribution < -0.4 is 10.4 Å². The predicted octanol–water partition coefficient (Wildman–Crippen LogP) is 7.05. The minimum atomic E-state index is -2.73. The summed E-state index contributed by atoms with van der Waals surface area (Å²) in [7, 11) is -2.73. The summed E-state index contributed by atoms with van der Waals surface area (Å²) in [5, 5.41) is 3.56. The molecule has 216 valence electrons. The number of ether oxygens (including phenoxy) is 2. The second-order valence-electron chi connectivity index (χ2n) is 12.0. The van der Waals surface area contributed by atoms with Gasteiger partial charge >= 0.3 is 0 Å². The maximum Gasteiger partial charge on any atom is 0.261 e. The summed E-state index contributed by atoms with van der Waals surface area (Å²) in [5.41, 5.74) is 0.692. The molecule has 4 heterocycles. The summed E-state index contributed by atoms with van der Waals surface area (Å²) in [5.74, 6) is -0.718. The van der Waals surface area contributed by atoms with E-state index in [0.717, 1.165) is 8.96 Å². The maximum atomic E-state index is 7.35. The highest BCUT2D eigenvalue weighted by atomic mass is 127. The molecule has 11 heteroatoms. The molecule has 6 rings (SSSR count). The van der Waals surface area contributed by atoms with Crippen molar-refractivity contribution in [2.45, 2.75) is 68.3 Å². The predicted molar refractivity (Wildman–Crippen MR) is 178 cm³/mol. The number of thioether (sulfide) groups is 1. The van der Waals surface area contributed by atoms with Crippen molar-refractivity contribution in [3.05, 3.63) is 80.9 Å². The van der Waals surface area contributed by atoms with Crippen LogP contribution in [0, 0.1) is 3.57 Å². The first-order valence-corrected chi connectivity index (χ1v) is 18.2. The van der Waals surface area contributed by atoms with E-state index in [4.69, 9.17) is 37.1 Å². The lowest BCUT2D eigenvalue weighted by atomic mass is 10.1. The van der Waals surface area contributed by atoms with Crippen molar-refractivity contribution in [2.24, 2.45) is 0 Å². The number of rotatable bonds is 6. The number of aromatic nitrogens is 3. The van der Waals surface area contributed by atoms with Crippen LogP contribution in [0.15, 0.2) is 66.9 Å². The molecule has 0 unspecified atom stereocenters. The SMILES string of the molecule is CC1(C)O[C@@H]2[C@H](O1)[C@@H](CO[Si](c1ccccc1)(c1ccccc1)C(C)(C)C)S[C@H]2n1cc(I)c2c(Cl)nc(Cl)nc21. The van der Waals surface area contributed by atoms with Crippen molar-refractivity contribution >= 4 is 87.3 Å². The Morgan fingerprint density at radius 1 is 0.976 bits per heavy atom. The molecule has 4 atom stereocenters. The van der Waals surface area contributed by atoms with Crippen LogP contribution in [0.25, 0.3) is 11.0 Å².